The zero-order valence-corrected chi connectivity index (χ0v) is 18.9. The summed E-state index contributed by atoms with van der Waals surface area (Å²) in [5.74, 6) is -1.91. The Morgan fingerprint density at radius 3 is 2.34 bits per heavy atom. The highest BCUT2D eigenvalue weighted by Crippen LogP contribution is 2.30. The van der Waals surface area contributed by atoms with Crippen LogP contribution in [0.1, 0.15) is 33.6 Å². The van der Waals surface area contributed by atoms with E-state index < -0.39 is 23.4 Å². The number of hydrogen-bond acceptors (Lipinski definition) is 8. The minimum absolute atomic E-state index is 0.139. The third-order valence-corrected chi connectivity index (χ3v) is 4.47. The van der Waals surface area contributed by atoms with E-state index in [-0.39, 0.29) is 29.3 Å². The number of esters is 2. The van der Waals surface area contributed by atoms with Crippen molar-refractivity contribution < 1.29 is 37.7 Å². The number of hydrogen-bond donors (Lipinski definition) is 1. The molecule has 1 aromatic carbocycles. The van der Waals surface area contributed by atoms with Gasteiger partial charge in [0.25, 0.3) is 0 Å². The predicted molar refractivity (Wildman–Crippen MR) is 114 cm³/mol. The Hall–Kier alpha value is -3.30. The number of amides is 1. The maximum Gasteiger partial charge on any atom is 0.410 e. The van der Waals surface area contributed by atoms with Gasteiger partial charge in [0.05, 0.1) is 26.0 Å². The van der Waals surface area contributed by atoms with Crippen molar-refractivity contribution >= 4 is 23.7 Å². The SMILES string of the molecule is COC(=O)/C=C(/Nc1cc(F)ccc1OC1CCN(C(=O)OC(C)(C)C)CC1)C(=O)OC. The van der Waals surface area contributed by atoms with Crippen molar-refractivity contribution in [1.82, 2.24) is 4.90 Å². The molecule has 1 aliphatic rings. The first-order valence-electron chi connectivity index (χ1n) is 10.1. The van der Waals surface area contributed by atoms with Crippen molar-refractivity contribution in [3.8, 4) is 5.75 Å². The molecule has 0 spiro atoms. The molecule has 176 valence electrons. The molecule has 0 aromatic heterocycles. The number of benzene rings is 1. The number of nitrogens with one attached hydrogen (secondary N) is 1. The molecule has 0 aliphatic carbocycles. The third kappa shape index (κ3) is 7.44. The molecule has 0 saturated carbocycles. The van der Waals surface area contributed by atoms with Gasteiger partial charge in [-0.15, -0.1) is 0 Å². The number of carbonyl (C=O) groups is 3. The van der Waals surface area contributed by atoms with Crippen LogP contribution in [-0.2, 0) is 23.8 Å². The fourth-order valence-electron chi connectivity index (χ4n) is 2.94. The lowest BCUT2D eigenvalue weighted by molar-refractivity contribution is -0.138. The number of carbonyl (C=O) groups excluding carboxylic acids is 3. The number of ether oxygens (including phenoxy) is 4. The molecule has 1 aromatic rings. The number of likely N-dealkylation sites (tertiary alicyclic amines) is 1. The Morgan fingerprint density at radius 1 is 1.12 bits per heavy atom. The van der Waals surface area contributed by atoms with Gasteiger partial charge in [-0.1, -0.05) is 0 Å². The molecule has 1 amide bonds. The van der Waals surface area contributed by atoms with Crippen LogP contribution < -0.4 is 10.1 Å². The first kappa shape index (κ1) is 25.0. The van der Waals surface area contributed by atoms with E-state index in [4.69, 9.17) is 9.47 Å². The van der Waals surface area contributed by atoms with Gasteiger partial charge in [0.15, 0.2) is 0 Å². The van der Waals surface area contributed by atoms with Gasteiger partial charge >= 0.3 is 18.0 Å². The normalized spacial score (nSPS) is 15.1. The fourth-order valence-corrected chi connectivity index (χ4v) is 2.94. The quantitative estimate of drug-likeness (QED) is 0.399. The average molecular weight is 452 g/mol. The molecule has 1 N–H and O–H groups in total. The van der Waals surface area contributed by atoms with Crippen molar-refractivity contribution in [2.45, 2.75) is 45.3 Å². The van der Waals surface area contributed by atoms with E-state index in [1.54, 1.807) is 25.7 Å². The van der Waals surface area contributed by atoms with Crippen LogP contribution in [0.15, 0.2) is 30.0 Å². The maximum absolute atomic E-state index is 13.9. The molecule has 0 bridgehead atoms. The first-order valence-corrected chi connectivity index (χ1v) is 10.1. The van der Waals surface area contributed by atoms with Gasteiger partial charge in [-0.25, -0.2) is 18.8 Å². The van der Waals surface area contributed by atoms with E-state index in [1.807, 2.05) is 0 Å². The minimum Gasteiger partial charge on any atom is -0.488 e. The highest BCUT2D eigenvalue weighted by Gasteiger charge is 2.28. The van der Waals surface area contributed by atoms with Gasteiger partial charge in [0, 0.05) is 32.0 Å². The molecule has 2 rings (SSSR count). The number of methoxy groups -OCH3 is 2. The highest BCUT2D eigenvalue weighted by atomic mass is 19.1. The lowest BCUT2D eigenvalue weighted by Gasteiger charge is -2.33. The largest absolute Gasteiger partial charge is 0.488 e. The third-order valence-electron chi connectivity index (χ3n) is 4.47. The lowest BCUT2D eigenvalue weighted by Crippen LogP contribution is -2.44. The molecule has 0 atom stereocenters. The Morgan fingerprint density at radius 2 is 1.78 bits per heavy atom. The molecule has 0 radical (unpaired) electrons. The topological polar surface area (TPSA) is 103 Å². The minimum atomic E-state index is -0.837. The van der Waals surface area contributed by atoms with Crippen LogP contribution in [-0.4, -0.2) is 61.9 Å². The second-order valence-electron chi connectivity index (χ2n) is 8.12. The van der Waals surface area contributed by atoms with Gasteiger partial charge in [0.2, 0.25) is 0 Å². The number of halogens is 1. The summed E-state index contributed by atoms with van der Waals surface area (Å²) in [6, 6.07) is 3.78. The van der Waals surface area contributed by atoms with Crippen LogP contribution in [0.3, 0.4) is 0 Å². The molecule has 1 saturated heterocycles. The molecular weight excluding hydrogens is 423 g/mol. The number of anilines is 1. The summed E-state index contributed by atoms with van der Waals surface area (Å²) in [7, 11) is 2.31. The van der Waals surface area contributed by atoms with Crippen molar-refractivity contribution in [3.05, 3.63) is 35.8 Å². The van der Waals surface area contributed by atoms with Gasteiger partial charge in [-0.05, 0) is 32.9 Å². The van der Waals surface area contributed by atoms with Crippen molar-refractivity contribution in [3.63, 3.8) is 0 Å². The van der Waals surface area contributed by atoms with Crippen LogP contribution in [0.4, 0.5) is 14.9 Å². The summed E-state index contributed by atoms with van der Waals surface area (Å²) in [4.78, 5) is 37.4. The zero-order chi connectivity index (χ0) is 23.9. The van der Waals surface area contributed by atoms with Crippen LogP contribution >= 0.6 is 0 Å². The van der Waals surface area contributed by atoms with Gasteiger partial charge < -0.3 is 29.2 Å². The lowest BCUT2D eigenvalue weighted by atomic mass is 10.1. The second kappa shape index (κ2) is 10.8. The monoisotopic (exact) mass is 452 g/mol. The molecule has 9 nitrogen and oxygen atoms in total. The second-order valence-corrected chi connectivity index (χ2v) is 8.12. The summed E-state index contributed by atoms with van der Waals surface area (Å²) in [5, 5.41) is 2.68. The van der Waals surface area contributed by atoms with E-state index in [1.165, 1.54) is 12.1 Å². The van der Waals surface area contributed by atoms with Gasteiger partial charge in [0.1, 0.15) is 29.0 Å². The van der Waals surface area contributed by atoms with E-state index in [0.717, 1.165) is 26.4 Å². The molecule has 10 heteroatoms. The summed E-state index contributed by atoms with van der Waals surface area (Å²) in [6.07, 6.45) is 1.36. The summed E-state index contributed by atoms with van der Waals surface area (Å²) < 4.78 is 34.5. The van der Waals surface area contributed by atoms with E-state index >= 15 is 0 Å². The number of rotatable bonds is 6. The number of nitrogens with zero attached hydrogens (tertiary/aromatic N) is 1. The predicted octanol–water partition coefficient (Wildman–Crippen LogP) is 3.25. The van der Waals surface area contributed by atoms with Crippen LogP contribution in [0.2, 0.25) is 0 Å². The average Bonchev–Trinajstić information content (AvgIpc) is 2.73. The zero-order valence-electron chi connectivity index (χ0n) is 18.9. The molecular formula is C22H29FN2O7. The molecule has 0 unspecified atom stereocenters. The standard InChI is InChI=1S/C22H29FN2O7/c1-22(2,3)32-21(28)25-10-8-15(9-11-25)31-18-7-6-14(23)12-16(18)24-17(20(27)30-5)13-19(26)29-4/h6-7,12-13,15,24H,8-11H2,1-5H3/b17-13+. The molecule has 32 heavy (non-hydrogen) atoms. The molecule has 1 fully saturated rings. The summed E-state index contributed by atoms with van der Waals surface area (Å²) >= 11 is 0. The maximum atomic E-state index is 13.9. The Bertz CT molecular complexity index is 872. The van der Waals surface area contributed by atoms with E-state index in [2.05, 4.69) is 14.8 Å². The van der Waals surface area contributed by atoms with Crippen LogP contribution in [0.5, 0.6) is 5.75 Å². The fraction of sp³-hybridized carbons (Fsp3) is 0.500. The highest BCUT2D eigenvalue weighted by molar-refractivity contribution is 5.99. The Balaban J connectivity index is 2.11. The van der Waals surface area contributed by atoms with Crippen molar-refractivity contribution in [1.29, 1.82) is 0 Å². The van der Waals surface area contributed by atoms with E-state index in [9.17, 15) is 18.8 Å². The first-order chi connectivity index (χ1) is 15.0. The Labute approximate surface area is 186 Å². The van der Waals surface area contributed by atoms with E-state index in [0.29, 0.717) is 25.9 Å². The van der Waals surface area contributed by atoms with Crippen molar-refractivity contribution in [2.24, 2.45) is 0 Å². The van der Waals surface area contributed by atoms with Gasteiger partial charge in [-0.2, -0.15) is 0 Å². The van der Waals surface area contributed by atoms with Crippen LogP contribution in [0, 0.1) is 5.82 Å². The summed E-state index contributed by atoms with van der Waals surface area (Å²) in [5.41, 5.74) is -0.677. The number of piperidine rings is 1. The van der Waals surface area contributed by atoms with Crippen LogP contribution in [0.25, 0.3) is 0 Å². The summed E-state index contributed by atoms with van der Waals surface area (Å²) in [6.45, 7) is 6.31. The Kier molecular flexibility index (Phi) is 8.45. The smallest absolute Gasteiger partial charge is 0.410 e. The van der Waals surface area contributed by atoms with Crippen molar-refractivity contribution in [2.75, 3.05) is 32.6 Å². The van der Waals surface area contributed by atoms with Gasteiger partial charge in [-0.3, -0.25) is 0 Å². The molecule has 1 aliphatic heterocycles. The molecule has 1 heterocycles.